The van der Waals surface area contributed by atoms with E-state index in [1.165, 1.54) is 37.1 Å². The van der Waals surface area contributed by atoms with Crippen molar-refractivity contribution in [3.63, 3.8) is 0 Å². The zero-order valence-electron chi connectivity index (χ0n) is 20.5. The Labute approximate surface area is 202 Å². The van der Waals surface area contributed by atoms with Crippen LogP contribution in [0.2, 0.25) is 0 Å². The van der Waals surface area contributed by atoms with Crippen LogP contribution in [-0.2, 0) is 14.3 Å². The van der Waals surface area contributed by atoms with Crippen LogP contribution in [0.5, 0.6) is 11.5 Å². The van der Waals surface area contributed by atoms with Gasteiger partial charge < -0.3 is 14.9 Å². The Kier molecular flexibility index (Phi) is 6.50. The van der Waals surface area contributed by atoms with Gasteiger partial charge in [-0.2, -0.15) is 0 Å². The molecule has 4 rings (SSSR count). The van der Waals surface area contributed by atoms with Crippen molar-refractivity contribution in [1.82, 2.24) is 0 Å². The summed E-state index contributed by atoms with van der Waals surface area (Å²) < 4.78 is 5.34. The average molecular weight is 465 g/mol. The number of phenolic OH excluding ortho intramolecular Hbond substituents is 2. The predicted octanol–water partition coefficient (Wildman–Crippen LogP) is 5.97. The van der Waals surface area contributed by atoms with Gasteiger partial charge in [0.15, 0.2) is 17.3 Å². The Morgan fingerprint density at radius 1 is 1.18 bits per heavy atom. The van der Waals surface area contributed by atoms with Gasteiger partial charge in [0.1, 0.15) is 0 Å². The number of ether oxygens (including phenoxy) is 1. The summed E-state index contributed by atoms with van der Waals surface area (Å²) in [7, 11) is 0. The van der Waals surface area contributed by atoms with E-state index in [-0.39, 0.29) is 46.6 Å². The van der Waals surface area contributed by atoms with Crippen LogP contribution >= 0.6 is 0 Å². The summed E-state index contributed by atoms with van der Waals surface area (Å²) in [5.74, 6) is -0.000329. The van der Waals surface area contributed by atoms with Gasteiger partial charge in [0, 0.05) is 18.4 Å². The number of hydrogen-bond acceptors (Lipinski definition) is 5. The molecule has 0 bridgehead atoms. The van der Waals surface area contributed by atoms with Crippen LogP contribution in [0.4, 0.5) is 0 Å². The molecule has 34 heavy (non-hydrogen) atoms. The molecular weight excluding hydrogens is 428 g/mol. The highest BCUT2D eigenvalue weighted by Crippen LogP contribution is 2.63. The number of ketones is 1. The molecule has 0 unspecified atom stereocenters. The Bertz CT molecular complexity index is 1060. The summed E-state index contributed by atoms with van der Waals surface area (Å²) in [6, 6.07) is 4.30. The quantitative estimate of drug-likeness (QED) is 0.319. The first-order valence-corrected chi connectivity index (χ1v) is 12.3. The fourth-order valence-corrected chi connectivity index (χ4v) is 7.07. The number of phenols is 2. The highest BCUT2D eigenvalue weighted by molar-refractivity contribution is 5.96. The lowest BCUT2D eigenvalue weighted by Crippen LogP contribution is -2.55. The van der Waals surface area contributed by atoms with Crippen LogP contribution in [0.1, 0.15) is 64.9 Å². The van der Waals surface area contributed by atoms with E-state index in [2.05, 4.69) is 27.4 Å². The SMILES string of the molecule is C=C1C(CCOC(=O)C=Cc2ccc(O)c(O)c2)=CC(=O)[C@H]2[C@H]1CC[C@H]1C(C)(C)CCC[C@]21C. The number of fused-ring (bicyclic) bond motifs is 3. The van der Waals surface area contributed by atoms with Gasteiger partial charge in [0.05, 0.1) is 6.61 Å². The minimum Gasteiger partial charge on any atom is -0.504 e. The molecular formula is C29H36O5. The van der Waals surface area contributed by atoms with Crippen LogP contribution in [0.25, 0.3) is 6.08 Å². The first-order valence-electron chi connectivity index (χ1n) is 12.3. The van der Waals surface area contributed by atoms with Crippen LogP contribution < -0.4 is 0 Å². The molecule has 0 heterocycles. The number of carbonyl (C=O) groups is 2. The third-order valence-corrected chi connectivity index (χ3v) is 8.67. The minimum absolute atomic E-state index is 0.00860. The van der Waals surface area contributed by atoms with E-state index in [0.29, 0.717) is 17.9 Å². The molecule has 0 amide bonds. The molecule has 2 saturated carbocycles. The number of aromatic hydroxyl groups is 2. The van der Waals surface area contributed by atoms with Gasteiger partial charge in [0.2, 0.25) is 0 Å². The molecule has 3 aliphatic carbocycles. The Morgan fingerprint density at radius 3 is 2.68 bits per heavy atom. The standard InChI is InChI=1S/C29H36O5/c1-18-20(12-15-34-26(33)11-7-19-6-9-22(30)23(31)16-19)17-24(32)27-21(18)8-10-25-28(2,3)13-5-14-29(25,27)4/h6-7,9,11,16-17,21,25,27,30-31H,1,5,8,10,12-15H2,2-4H3/t21-,25-,27+,29-/m0/s1. The molecule has 0 spiro atoms. The van der Waals surface area contributed by atoms with E-state index in [4.69, 9.17) is 4.74 Å². The largest absolute Gasteiger partial charge is 0.504 e. The van der Waals surface area contributed by atoms with E-state index in [1.807, 2.05) is 0 Å². The molecule has 0 saturated heterocycles. The van der Waals surface area contributed by atoms with Crippen molar-refractivity contribution in [3.8, 4) is 11.5 Å². The van der Waals surface area contributed by atoms with Gasteiger partial charge in [-0.05, 0) is 89.3 Å². The molecule has 1 aromatic rings. The molecule has 1 aromatic carbocycles. The lowest BCUT2D eigenvalue weighted by molar-refractivity contribution is -0.140. The Balaban J connectivity index is 1.39. The van der Waals surface area contributed by atoms with Crippen molar-refractivity contribution in [2.75, 3.05) is 6.61 Å². The molecule has 4 atom stereocenters. The topological polar surface area (TPSA) is 83.8 Å². The van der Waals surface area contributed by atoms with E-state index in [9.17, 15) is 19.8 Å². The van der Waals surface area contributed by atoms with Crippen LogP contribution in [-0.4, -0.2) is 28.6 Å². The van der Waals surface area contributed by atoms with Gasteiger partial charge in [-0.15, -0.1) is 0 Å². The predicted molar refractivity (Wildman–Crippen MR) is 132 cm³/mol. The van der Waals surface area contributed by atoms with Crippen molar-refractivity contribution in [1.29, 1.82) is 0 Å². The molecule has 2 N–H and O–H groups in total. The third kappa shape index (κ3) is 4.45. The molecule has 0 radical (unpaired) electrons. The second kappa shape index (κ2) is 9.09. The number of hydrogen-bond donors (Lipinski definition) is 2. The highest BCUT2D eigenvalue weighted by atomic mass is 16.5. The summed E-state index contributed by atoms with van der Waals surface area (Å²) in [5.41, 5.74) is 2.81. The van der Waals surface area contributed by atoms with Crippen molar-refractivity contribution >= 4 is 17.8 Å². The number of rotatable bonds is 5. The summed E-state index contributed by atoms with van der Waals surface area (Å²) in [5, 5.41) is 18.9. The molecule has 2 fully saturated rings. The zero-order chi connectivity index (χ0) is 24.7. The second-order valence-corrected chi connectivity index (χ2v) is 11.2. The van der Waals surface area contributed by atoms with Gasteiger partial charge in [-0.25, -0.2) is 4.79 Å². The number of esters is 1. The first-order chi connectivity index (χ1) is 16.0. The minimum atomic E-state index is -0.503. The van der Waals surface area contributed by atoms with Gasteiger partial charge in [0.25, 0.3) is 0 Å². The maximum atomic E-state index is 13.4. The lowest BCUT2D eigenvalue weighted by Gasteiger charge is -2.59. The van der Waals surface area contributed by atoms with Gasteiger partial charge >= 0.3 is 5.97 Å². The average Bonchev–Trinajstić information content (AvgIpc) is 2.76. The van der Waals surface area contributed by atoms with Crippen molar-refractivity contribution in [2.24, 2.45) is 28.6 Å². The van der Waals surface area contributed by atoms with E-state index < -0.39 is 5.97 Å². The Hall–Kier alpha value is -2.82. The van der Waals surface area contributed by atoms with Gasteiger partial charge in [-0.3, -0.25) is 4.79 Å². The lowest BCUT2D eigenvalue weighted by atomic mass is 9.44. The number of allylic oxidation sites excluding steroid dienone is 2. The zero-order valence-corrected chi connectivity index (χ0v) is 20.5. The molecule has 0 aromatic heterocycles. The van der Waals surface area contributed by atoms with Crippen molar-refractivity contribution in [3.05, 3.63) is 53.6 Å². The first kappa shape index (κ1) is 24.3. The molecule has 182 valence electrons. The number of carbonyl (C=O) groups excluding carboxylic acids is 2. The normalized spacial score (nSPS) is 30.4. The van der Waals surface area contributed by atoms with Crippen molar-refractivity contribution in [2.45, 2.75) is 59.3 Å². The maximum absolute atomic E-state index is 13.4. The molecule has 5 heteroatoms. The molecule has 5 nitrogen and oxygen atoms in total. The van der Waals surface area contributed by atoms with Crippen LogP contribution in [0.3, 0.4) is 0 Å². The highest BCUT2D eigenvalue weighted by Gasteiger charge is 2.57. The number of benzene rings is 1. The summed E-state index contributed by atoms with van der Waals surface area (Å²) >= 11 is 0. The van der Waals surface area contributed by atoms with Gasteiger partial charge in [-0.1, -0.05) is 39.8 Å². The second-order valence-electron chi connectivity index (χ2n) is 11.2. The molecule has 0 aliphatic heterocycles. The summed E-state index contributed by atoms with van der Waals surface area (Å²) in [6.45, 7) is 11.6. The van der Waals surface area contributed by atoms with Crippen LogP contribution in [0.15, 0.2) is 48.1 Å². The fraction of sp³-hybridized carbons (Fsp3) is 0.517. The van der Waals surface area contributed by atoms with Crippen LogP contribution in [0, 0.1) is 28.6 Å². The summed E-state index contributed by atoms with van der Waals surface area (Å²) in [4.78, 5) is 25.5. The van der Waals surface area contributed by atoms with Crippen molar-refractivity contribution < 1.29 is 24.5 Å². The maximum Gasteiger partial charge on any atom is 0.330 e. The smallest absolute Gasteiger partial charge is 0.330 e. The third-order valence-electron chi connectivity index (χ3n) is 8.67. The summed E-state index contributed by atoms with van der Waals surface area (Å²) in [6.07, 6.45) is 10.7. The van der Waals surface area contributed by atoms with E-state index in [1.54, 1.807) is 12.1 Å². The monoisotopic (exact) mass is 464 g/mol. The fourth-order valence-electron chi connectivity index (χ4n) is 7.07. The van der Waals surface area contributed by atoms with E-state index in [0.717, 1.165) is 30.4 Å². The Morgan fingerprint density at radius 2 is 1.94 bits per heavy atom. The molecule has 3 aliphatic rings. The van der Waals surface area contributed by atoms with E-state index >= 15 is 0 Å².